The third-order valence-electron chi connectivity index (χ3n) is 5.05. The number of pyridine rings is 1. The monoisotopic (exact) mass is 507 g/mol. The number of benzene rings is 1. The zero-order valence-corrected chi connectivity index (χ0v) is 19.7. The van der Waals surface area contributed by atoms with E-state index >= 15 is 0 Å². The average Bonchev–Trinajstić information content (AvgIpc) is 2.84. The molecule has 0 saturated carbocycles. The quantitative estimate of drug-likeness (QED) is 0.398. The second-order valence-corrected chi connectivity index (χ2v) is 8.13. The summed E-state index contributed by atoms with van der Waals surface area (Å²) >= 11 is 3.40. The third kappa shape index (κ3) is 5.06. The van der Waals surface area contributed by atoms with Crippen molar-refractivity contribution in [2.45, 2.75) is 26.4 Å². The first-order chi connectivity index (χ1) is 16.0. The van der Waals surface area contributed by atoms with Crippen LogP contribution in [0.2, 0.25) is 0 Å². The largest absolute Gasteiger partial charge is 0.477 e. The standard InChI is InChI=1S/C23H22BrN7O2/c1-3-33-20-8-6-17(29-30-20)13-31(14(2)22-26-9-4-10-27-22)23(32)15-5-7-19-16(11-15)12-18(24)21(25)28-19/h4-12,14H,3,13H2,1-2H3,(H2,25,28). The van der Waals surface area contributed by atoms with Crippen molar-refractivity contribution in [2.24, 2.45) is 0 Å². The number of fused-ring (bicyclic) bond motifs is 1. The van der Waals surface area contributed by atoms with Crippen LogP contribution in [-0.2, 0) is 6.54 Å². The zero-order chi connectivity index (χ0) is 23.4. The van der Waals surface area contributed by atoms with E-state index in [0.29, 0.717) is 45.4 Å². The maximum atomic E-state index is 13.7. The molecule has 4 aromatic rings. The first kappa shape index (κ1) is 22.5. The minimum absolute atomic E-state index is 0.194. The lowest BCUT2D eigenvalue weighted by Crippen LogP contribution is -2.34. The van der Waals surface area contributed by atoms with Crippen molar-refractivity contribution < 1.29 is 9.53 Å². The molecule has 0 aliphatic rings. The summed E-state index contributed by atoms with van der Waals surface area (Å²) in [6.07, 6.45) is 3.31. The fourth-order valence-electron chi connectivity index (χ4n) is 3.35. The molecule has 0 aliphatic heterocycles. The Morgan fingerprint density at radius 1 is 1.15 bits per heavy atom. The molecule has 9 nitrogen and oxygen atoms in total. The van der Waals surface area contributed by atoms with Crippen LogP contribution in [0.5, 0.6) is 5.88 Å². The smallest absolute Gasteiger partial charge is 0.254 e. The normalized spacial score (nSPS) is 11.8. The fourth-order valence-corrected chi connectivity index (χ4v) is 3.68. The van der Waals surface area contributed by atoms with Crippen LogP contribution in [0.15, 0.2) is 59.3 Å². The van der Waals surface area contributed by atoms with E-state index in [4.69, 9.17) is 10.5 Å². The number of carbonyl (C=O) groups is 1. The number of nitrogens with zero attached hydrogens (tertiary/aromatic N) is 6. The first-order valence-corrected chi connectivity index (χ1v) is 11.1. The highest BCUT2D eigenvalue weighted by Gasteiger charge is 2.26. The van der Waals surface area contributed by atoms with Crippen LogP contribution in [0.25, 0.3) is 10.9 Å². The molecule has 33 heavy (non-hydrogen) atoms. The van der Waals surface area contributed by atoms with E-state index in [2.05, 4.69) is 41.1 Å². The molecule has 1 amide bonds. The molecular weight excluding hydrogens is 486 g/mol. The van der Waals surface area contributed by atoms with E-state index in [9.17, 15) is 4.79 Å². The van der Waals surface area contributed by atoms with Gasteiger partial charge in [-0.2, -0.15) is 5.10 Å². The van der Waals surface area contributed by atoms with Gasteiger partial charge in [-0.05, 0) is 66.2 Å². The van der Waals surface area contributed by atoms with Gasteiger partial charge >= 0.3 is 0 Å². The molecule has 168 valence electrons. The number of amides is 1. The maximum Gasteiger partial charge on any atom is 0.254 e. The molecule has 10 heteroatoms. The molecule has 0 radical (unpaired) electrons. The van der Waals surface area contributed by atoms with E-state index in [0.717, 1.165) is 5.39 Å². The highest BCUT2D eigenvalue weighted by atomic mass is 79.9. The molecule has 0 spiro atoms. The van der Waals surface area contributed by atoms with Crippen molar-refractivity contribution in [3.63, 3.8) is 0 Å². The Kier molecular flexibility index (Phi) is 6.74. The second kappa shape index (κ2) is 9.86. The van der Waals surface area contributed by atoms with Gasteiger partial charge in [0.15, 0.2) is 0 Å². The van der Waals surface area contributed by atoms with Crippen LogP contribution < -0.4 is 10.5 Å². The van der Waals surface area contributed by atoms with E-state index in [-0.39, 0.29) is 12.5 Å². The van der Waals surface area contributed by atoms with Gasteiger partial charge in [-0.1, -0.05) is 0 Å². The van der Waals surface area contributed by atoms with Crippen molar-refractivity contribution in [1.82, 2.24) is 30.0 Å². The van der Waals surface area contributed by atoms with E-state index in [1.165, 1.54) is 0 Å². The highest BCUT2D eigenvalue weighted by molar-refractivity contribution is 9.10. The molecule has 0 bridgehead atoms. The van der Waals surface area contributed by atoms with Crippen molar-refractivity contribution >= 4 is 38.6 Å². The summed E-state index contributed by atoms with van der Waals surface area (Å²) in [5.41, 5.74) is 7.71. The number of aromatic nitrogens is 5. The molecule has 0 aliphatic carbocycles. The minimum Gasteiger partial charge on any atom is -0.477 e. The number of ether oxygens (including phenoxy) is 1. The zero-order valence-electron chi connectivity index (χ0n) is 18.1. The lowest BCUT2D eigenvalue weighted by atomic mass is 10.1. The summed E-state index contributed by atoms with van der Waals surface area (Å²) in [6, 6.07) is 12.0. The molecule has 3 heterocycles. The topological polar surface area (TPSA) is 120 Å². The SMILES string of the molecule is CCOc1ccc(CN(C(=O)c2ccc3nc(N)c(Br)cc3c2)C(C)c2ncccn2)nn1. The van der Waals surface area contributed by atoms with Gasteiger partial charge in [0.1, 0.15) is 11.6 Å². The Balaban J connectivity index is 1.69. The van der Waals surface area contributed by atoms with Crippen molar-refractivity contribution in [3.05, 3.63) is 76.4 Å². The fraction of sp³-hybridized carbons (Fsp3) is 0.217. The number of anilines is 1. The molecule has 1 unspecified atom stereocenters. The highest BCUT2D eigenvalue weighted by Crippen LogP contribution is 2.26. The van der Waals surface area contributed by atoms with E-state index < -0.39 is 6.04 Å². The number of nitrogen functional groups attached to an aromatic ring is 1. The second-order valence-electron chi connectivity index (χ2n) is 7.27. The third-order valence-corrected chi connectivity index (χ3v) is 5.69. The predicted molar refractivity (Wildman–Crippen MR) is 127 cm³/mol. The van der Waals surface area contributed by atoms with E-state index in [1.54, 1.807) is 53.7 Å². The van der Waals surface area contributed by atoms with Crippen LogP contribution in [0.1, 0.15) is 41.8 Å². The van der Waals surface area contributed by atoms with Crippen LogP contribution >= 0.6 is 15.9 Å². The Hall–Kier alpha value is -3.66. The van der Waals surface area contributed by atoms with Crippen molar-refractivity contribution in [3.8, 4) is 5.88 Å². The number of rotatable bonds is 7. The first-order valence-electron chi connectivity index (χ1n) is 10.4. The van der Waals surface area contributed by atoms with Gasteiger partial charge in [-0.25, -0.2) is 15.0 Å². The van der Waals surface area contributed by atoms with Crippen LogP contribution in [0, 0.1) is 0 Å². The van der Waals surface area contributed by atoms with Crippen LogP contribution in [0.3, 0.4) is 0 Å². The molecule has 3 aromatic heterocycles. The van der Waals surface area contributed by atoms with Crippen molar-refractivity contribution in [2.75, 3.05) is 12.3 Å². The molecule has 0 fully saturated rings. The number of halogens is 1. The van der Waals surface area contributed by atoms with Gasteiger partial charge in [0, 0.05) is 29.4 Å². The number of hydrogen-bond acceptors (Lipinski definition) is 8. The Morgan fingerprint density at radius 2 is 1.94 bits per heavy atom. The summed E-state index contributed by atoms with van der Waals surface area (Å²) in [7, 11) is 0. The van der Waals surface area contributed by atoms with Gasteiger partial charge in [0.25, 0.3) is 5.91 Å². The van der Waals surface area contributed by atoms with Crippen molar-refractivity contribution in [1.29, 1.82) is 0 Å². The number of hydrogen-bond donors (Lipinski definition) is 1. The van der Waals surface area contributed by atoms with Gasteiger partial charge in [0.2, 0.25) is 5.88 Å². The minimum atomic E-state index is -0.404. The number of nitrogens with two attached hydrogens (primary N) is 1. The molecule has 1 aromatic carbocycles. The summed E-state index contributed by atoms with van der Waals surface area (Å²) < 4.78 is 6.04. The van der Waals surface area contributed by atoms with Crippen LogP contribution in [0.4, 0.5) is 5.82 Å². The Labute approximate surface area is 199 Å². The van der Waals surface area contributed by atoms with Gasteiger partial charge < -0.3 is 15.4 Å². The van der Waals surface area contributed by atoms with E-state index in [1.807, 2.05) is 19.9 Å². The van der Waals surface area contributed by atoms with Gasteiger partial charge in [-0.15, -0.1) is 5.10 Å². The average molecular weight is 508 g/mol. The Morgan fingerprint density at radius 3 is 2.64 bits per heavy atom. The molecule has 1 atom stereocenters. The van der Waals surface area contributed by atoms with Gasteiger partial charge in [0.05, 0.1) is 34.9 Å². The molecular formula is C23H22BrN7O2. The summed E-state index contributed by atoms with van der Waals surface area (Å²) in [6.45, 7) is 4.48. The Bertz CT molecular complexity index is 1270. The van der Waals surface area contributed by atoms with Gasteiger partial charge in [-0.3, -0.25) is 4.79 Å². The summed E-state index contributed by atoms with van der Waals surface area (Å²) in [4.78, 5) is 28.4. The lowest BCUT2D eigenvalue weighted by molar-refractivity contribution is 0.0663. The summed E-state index contributed by atoms with van der Waals surface area (Å²) in [5, 5.41) is 9.10. The number of carbonyl (C=O) groups excluding carboxylic acids is 1. The predicted octanol–water partition coefficient (Wildman–Crippen LogP) is 3.96. The van der Waals surface area contributed by atoms with Crippen LogP contribution in [-0.4, -0.2) is 42.6 Å². The molecule has 0 saturated heterocycles. The molecule has 4 rings (SSSR count). The molecule has 2 N–H and O–H groups in total. The summed E-state index contributed by atoms with van der Waals surface area (Å²) in [5.74, 6) is 1.17. The lowest BCUT2D eigenvalue weighted by Gasteiger charge is -2.28. The maximum absolute atomic E-state index is 13.7.